The van der Waals surface area contributed by atoms with Crippen molar-refractivity contribution in [1.82, 2.24) is 9.36 Å². The fourth-order valence-corrected chi connectivity index (χ4v) is 1.62. The van der Waals surface area contributed by atoms with E-state index in [1.54, 1.807) is 6.92 Å². The van der Waals surface area contributed by atoms with Gasteiger partial charge in [-0.1, -0.05) is 6.92 Å². The third kappa shape index (κ3) is 4.35. The van der Waals surface area contributed by atoms with Gasteiger partial charge < -0.3 is 11.1 Å². The van der Waals surface area contributed by atoms with E-state index in [-0.39, 0.29) is 5.91 Å². The minimum absolute atomic E-state index is 0.0218. The second kappa shape index (κ2) is 5.77. The Balaban J connectivity index is 2.30. The molecule has 0 bridgehead atoms. The Labute approximate surface area is 93.3 Å². The van der Waals surface area contributed by atoms with E-state index in [0.717, 1.165) is 6.42 Å². The highest BCUT2D eigenvalue weighted by molar-refractivity contribution is 7.09. The van der Waals surface area contributed by atoms with Crippen LogP contribution in [-0.2, 0) is 4.79 Å². The maximum Gasteiger partial charge on any atom is 0.226 e. The Morgan fingerprint density at radius 3 is 2.93 bits per heavy atom. The Morgan fingerprint density at radius 1 is 1.67 bits per heavy atom. The lowest BCUT2D eigenvalue weighted by atomic mass is 10.1. The van der Waals surface area contributed by atoms with Gasteiger partial charge in [0.2, 0.25) is 11.0 Å². The molecule has 1 aromatic heterocycles. The summed E-state index contributed by atoms with van der Waals surface area (Å²) in [5.41, 5.74) is 5.46. The summed E-state index contributed by atoms with van der Waals surface area (Å²) in [7, 11) is 0. The summed E-state index contributed by atoms with van der Waals surface area (Å²) in [5.74, 6) is 1.05. The van der Waals surface area contributed by atoms with Crippen molar-refractivity contribution in [2.75, 3.05) is 11.9 Å². The third-order valence-electron chi connectivity index (χ3n) is 2.04. The van der Waals surface area contributed by atoms with Gasteiger partial charge in [-0.3, -0.25) is 4.79 Å². The summed E-state index contributed by atoms with van der Waals surface area (Å²) >= 11 is 1.20. The average Bonchev–Trinajstić information content (AvgIpc) is 2.60. The molecule has 0 aliphatic heterocycles. The number of anilines is 1. The van der Waals surface area contributed by atoms with Crippen LogP contribution >= 0.6 is 11.5 Å². The molecule has 3 N–H and O–H groups in total. The molecule has 1 rings (SSSR count). The topological polar surface area (TPSA) is 80.9 Å². The molecular formula is C9H16N4OS. The van der Waals surface area contributed by atoms with Crippen LogP contribution in [0.15, 0.2) is 0 Å². The average molecular weight is 228 g/mol. The van der Waals surface area contributed by atoms with Crippen LogP contribution in [0.3, 0.4) is 0 Å². The van der Waals surface area contributed by atoms with Crippen LogP contribution in [-0.4, -0.2) is 21.8 Å². The summed E-state index contributed by atoms with van der Waals surface area (Å²) in [6.07, 6.45) is 1.29. The molecule has 0 aliphatic rings. The number of carbonyl (C=O) groups is 1. The van der Waals surface area contributed by atoms with Gasteiger partial charge in [0.1, 0.15) is 5.82 Å². The van der Waals surface area contributed by atoms with Gasteiger partial charge in [-0.25, -0.2) is 4.98 Å². The van der Waals surface area contributed by atoms with Crippen LogP contribution in [0.5, 0.6) is 0 Å². The fourth-order valence-electron chi connectivity index (χ4n) is 1.02. The molecule has 0 saturated heterocycles. The molecule has 0 fully saturated rings. The maximum atomic E-state index is 11.4. The van der Waals surface area contributed by atoms with E-state index >= 15 is 0 Å². The molecule has 1 unspecified atom stereocenters. The number of aromatic nitrogens is 2. The first kappa shape index (κ1) is 12.1. The van der Waals surface area contributed by atoms with E-state index in [4.69, 9.17) is 5.73 Å². The van der Waals surface area contributed by atoms with E-state index in [2.05, 4.69) is 14.7 Å². The van der Waals surface area contributed by atoms with Crippen molar-refractivity contribution in [3.8, 4) is 0 Å². The van der Waals surface area contributed by atoms with Gasteiger partial charge in [-0.2, -0.15) is 4.37 Å². The summed E-state index contributed by atoms with van der Waals surface area (Å²) in [6.45, 7) is 4.44. The van der Waals surface area contributed by atoms with E-state index in [0.29, 0.717) is 29.8 Å². The zero-order valence-electron chi connectivity index (χ0n) is 8.99. The van der Waals surface area contributed by atoms with E-state index in [9.17, 15) is 4.79 Å². The van der Waals surface area contributed by atoms with E-state index < -0.39 is 0 Å². The largest absolute Gasteiger partial charge is 0.330 e. The minimum atomic E-state index is -0.0218. The van der Waals surface area contributed by atoms with E-state index in [1.807, 2.05) is 6.92 Å². The predicted octanol–water partition coefficient (Wildman–Crippen LogP) is 1.16. The molecule has 0 saturated carbocycles. The van der Waals surface area contributed by atoms with Gasteiger partial charge in [0, 0.05) is 18.0 Å². The van der Waals surface area contributed by atoms with Gasteiger partial charge in [-0.15, -0.1) is 0 Å². The number of nitrogens with one attached hydrogen (secondary N) is 1. The summed E-state index contributed by atoms with van der Waals surface area (Å²) in [6, 6.07) is 0. The van der Waals surface area contributed by atoms with E-state index in [1.165, 1.54) is 11.5 Å². The summed E-state index contributed by atoms with van der Waals surface area (Å²) in [5, 5.41) is 3.27. The van der Waals surface area contributed by atoms with Crippen molar-refractivity contribution in [3.05, 3.63) is 5.82 Å². The smallest absolute Gasteiger partial charge is 0.226 e. The molecule has 1 aromatic rings. The van der Waals surface area contributed by atoms with Gasteiger partial charge in [0.15, 0.2) is 0 Å². The molecule has 1 atom stereocenters. The number of nitrogens with two attached hydrogens (primary N) is 1. The first-order chi connectivity index (χ1) is 7.11. The van der Waals surface area contributed by atoms with Gasteiger partial charge >= 0.3 is 0 Å². The molecule has 1 heterocycles. The number of aryl methyl sites for hydroxylation is 1. The SMILES string of the molecule is Cc1nsc(NC(=O)CCC(C)CN)n1. The van der Waals surface area contributed by atoms with Crippen LogP contribution < -0.4 is 11.1 Å². The number of hydrogen-bond donors (Lipinski definition) is 2. The fraction of sp³-hybridized carbons (Fsp3) is 0.667. The second-order valence-electron chi connectivity index (χ2n) is 3.57. The lowest BCUT2D eigenvalue weighted by molar-refractivity contribution is -0.116. The number of nitrogens with zero attached hydrogens (tertiary/aromatic N) is 2. The molecule has 0 spiro atoms. The van der Waals surface area contributed by atoms with Crippen molar-refractivity contribution >= 4 is 22.6 Å². The predicted molar refractivity (Wildman–Crippen MR) is 60.7 cm³/mol. The molecule has 15 heavy (non-hydrogen) atoms. The second-order valence-corrected chi connectivity index (χ2v) is 4.33. The van der Waals surface area contributed by atoms with Crippen molar-refractivity contribution < 1.29 is 4.79 Å². The highest BCUT2D eigenvalue weighted by Crippen LogP contribution is 2.11. The van der Waals surface area contributed by atoms with Gasteiger partial charge in [-0.05, 0) is 25.8 Å². The van der Waals surface area contributed by atoms with Crippen molar-refractivity contribution in [1.29, 1.82) is 0 Å². The quantitative estimate of drug-likeness (QED) is 0.792. The van der Waals surface area contributed by atoms with Crippen molar-refractivity contribution in [2.45, 2.75) is 26.7 Å². The Kier molecular flexibility index (Phi) is 4.64. The lowest BCUT2D eigenvalue weighted by Crippen LogP contribution is -2.16. The molecular weight excluding hydrogens is 212 g/mol. The molecule has 6 heteroatoms. The number of amides is 1. The van der Waals surface area contributed by atoms with Gasteiger partial charge in [0.25, 0.3) is 0 Å². The summed E-state index contributed by atoms with van der Waals surface area (Å²) < 4.78 is 3.98. The zero-order chi connectivity index (χ0) is 11.3. The Hall–Kier alpha value is -1.01. The lowest BCUT2D eigenvalue weighted by Gasteiger charge is -2.06. The van der Waals surface area contributed by atoms with Crippen molar-refractivity contribution in [3.63, 3.8) is 0 Å². The normalized spacial score (nSPS) is 12.5. The molecule has 0 aliphatic carbocycles. The Morgan fingerprint density at radius 2 is 2.40 bits per heavy atom. The highest BCUT2D eigenvalue weighted by atomic mass is 32.1. The van der Waals surface area contributed by atoms with Crippen LogP contribution in [0.4, 0.5) is 5.13 Å². The number of carbonyl (C=O) groups excluding carboxylic acids is 1. The zero-order valence-corrected chi connectivity index (χ0v) is 9.80. The Bertz CT molecular complexity index is 326. The first-order valence-electron chi connectivity index (χ1n) is 4.92. The van der Waals surface area contributed by atoms with Crippen LogP contribution in [0.2, 0.25) is 0 Å². The third-order valence-corrected chi connectivity index (χ3v) is 2.76. The van der Waals surface area contributed by atoms with Crippen LogP contribution in [0.1, 0.15) is 25.6 Å². The molecule has 0 aromatic carbocycles. The molecule has 0 radical (unpaired) electrons. The minimum Gasteiger partial charge on any atom is -0.330 e. The van der Waals surface area contributed by atoms with Crippen molar-refractivity contribution in [2.24, 2.45) is 11.7 Å². The molecule has 84 valence electrons. The standard InChI is InChI=1S/C9H16N4OS/c1-6(5-10)3-4-8(14)12-9-11-7(2)13-15-9/h6H,3-5,10H2,1-2H3,(H,11,12,13,14). The summed E-state index contributed by atoms with van der Waals surface area (Å²) in [4.78, 5) is 15.5. The highest BCUT2D eigenvalue weighted by Gasteiger charge is 2.08. The molecule has 1 amide bonds. The van der Waals surface area contributed by atoms with Crippen LogP contribution in [0.25, 0.3) is 0 Å². The van der Waals surface area contributed by atoms with Crippen LogP contribution in [0, 0.1) is 12.8 Å². The first-order valence-corrected chi connectivity index (χ1v) is 5.69. The monoisotopic (exact) mass is 228 g/mol. The number of rotatable bonds is 5. The number of hydrogen-bond acceptors (Lipinski definition) is 5. The van der Waals surface area contributed by atoms with Gasteiger partial charge in [0.05, 0.1) is 0 Å². The molecule has 5 nitrogen and oxygen atoms in total. The maximum absolute atomic E-state index is 11.4.